The zero-order chi connectivity index (χ0) is 17.8. The van der Waals surface area contributed by atoms with E-state index in [2.05, 4.69) is 30.6 Å². The number of carbonyl (C=O) groups excluding carboxylic acids is 1. The summed E-state index contributed by atoms with van der Waals surface area (Å²) < 4.78 is 0. The molecule has 1 amide bonds. The first-order valence-corrected chi connectivity index (χ1v) is 8.34. The molecule has 0 saturated heterocycles. The quantitative estimate of drug-likeness (QED) is 0.818. The van der Waals surface area contributed by atoms with Crippen LogP contribution in [0.15, 0.2) is 24.8 Å². The van der Waals surface area contributed by atoms with Crippen molar-refractivity contribution in [2.24, 2.45) is 0 Å². The average molecular weight is 341 g/mol. The summed E-state index contributed by atoms with van der Waals surface area (Å²) in [5, 5.41) is 5.85. The van der Waals surface area contributed by atoms with E-state index in [-0.39, 0.29) is 11.9 Å². The van der Waals surface area contributed by atoms with Crippen molar-refractivity contribution in [3.8, 4) is 0 Å². The molecule has 0 radical (unpaired) electrons. The Labute approximate surface area is 147 Å². The van der Waals surface area contributed by atoms with Gasteiger partial charge in [0.15, 0.2) is 0 Å². The van der Waals surface area contributed by atoms with Crippen molar-refractivity contribution in [3.63, 3.8) is 0 Å². The Bertz CT molecular complexity index is 728. The van der Waals surface area contributed by atoms with E-state index in [1.807, 2.05) is 18.0 Å². The number of rotatable bonds is 6. The van der Waals surface area contributed by atoms with Gasteiger partial charge in [-0.2, -0.15) is 0 Å². The Kier molecular flexibility index (Phi) is 5.06. The summed E-state index contributed by atoms with van der Waals surface area (Å²) in [5.74, 6) is 1.88. The van der Waals surface area contributed by atoms with E-state index in [1.54, 1.807) is 32.7 Å². The van der Waals surface area contributed by atoms with Gasteiger partial charge in [-0.1, -0.05) is 0 Å². The second-order valence-electron chi connectivity index (χ2n) is 6.39. The van der Waals surface area contributed by atoms with Gasteiger partial charge in [0.1, 0.15) is 12.1 Å². The molecule has 1 aliphatic carbocycles. The standard InChI is InChI=1S/C17H23N7O/c1-11(25)23-14-4-13(5-14)15-6-16(22-10-21-15)24(3)9-12-7-19-17(18-2)20-8-12/h6-8,10,13-14H,4-5,9H2,1-3H3,(H,23,25)(H,18,19,20). The number of amides is 1. The van der Waals surface area contributed by atoms with Crippen molar-refractivity contribution in [1.82, 2.24) is 25.3 Å². The highest BCUT2D eigenvalue weighted by molar-refractivity contribution is 5.73. The van der Waals surface area contributed by atoms with Gasteiger partial charge in [0, 0.05) is 69.2 Å². The summed E-state index contributed by atoms with van der Waals surface area (Å²) >= 11 is 0. The first-order chi connectivity index (χ1) is 12.0. The second-order valence-corrected chi connectivity index (χ2v) is 6.39. The highest BCUT2D eigenvalue weighted by Gasteiger charge is 2.32. The Balaban J connectivity index is 1.61. The number of aromatic nitrogens is 4. The predicted octanol–water partition coefficient (Wildman–Crippen LogP) is 1.33. The van der Waals surface area contributed by atoms with E-state index in [4.69, 9.17) is 0 Å². The van der Waals surface area contributed by atoms with E-state index >= 15 is 0 Å². The topological polar surface area (TPSA) is 95.9 Å². The predicted molar refractivity (Wildman–Crippen MR) is 95.3 cm³/mol. The van der Waals surface area contributed by atoms with Gasteiger partial charge in [-0.25, -0.2) is 19.9 Å². The SMILES string of the molecule is CNc1ncc(CN(C)c2cc(C3CC(NC(C)=O)C3)ncn2)cn1. The lowest BCUT2D eigenvalue weighted by molar-refractivity contribution is -0.120. The number of nitrogens with one attached hydrogen (secondary N) is 2. The van der Waals surface area contributed by atoms with Gasteiger partial charge in [0.25, 0.3) is 0 Å². The van der Waals surface area contributed by atoms with Crippen LogP contribution in [-0.2, 0) is 11.3 Å². The molecule has 1 fully saturated rings. The number of nitrogens with zero attached hydrogens (tertiary/aromatic N) is 5. The molecule has 8 nitrogen and oxygen atoms in total. The van der Waals surface area contributed by atoms with E-state index in [1.165, 1.54) is 0 Å². The minimum atomic E-state index is 0.0260. The lowest BCUT2D eigenvalue weighted by Gasteiger charge is -2.35. The van der Waals surface area contributed by atoms with Crippen LogP contribution >= 0.6 is 0 Å². The van der Waals surface area contributed by atoms with Crippen LogP contribution in [0.25, 0.3) is 0 Å². The Hall–Kier alpha value is -2.77. The molecular weight excluding hydrogens is 318 g/mol. The average Bonchev–Trinajstić information content (AvgIpc) is 2.58. The van der Waals surface area contributed by atoms with E-state index in [0.29, 0.717) is 18.4 Å². The smallest absolute Gasteiger partial charge is 0.222 e. The third-order valence-corrected chi connectivity index (χ3v) is 4.38. The normalized spacial score (nSPS) is 19.0. The maximum absolute atomic E-state index is 11.1. The summed E-state index contributed by atoms with van der Waals surface area (Å²) in [6, 6.07) is 2.29. The molecule has 0 aliphatic heterocycles. The van der Waals surface area contributed by atoms with Crippen LogP contribution in [0.5, 0.6) is 0 Å². The molecule has 1 saturated carbocycles. The van der Waals surface area contributed by atoms with Crippen LogP contribution in [0.3, 0.4) is 0 Å². The summed E-state index contributed by atoms with van der Waals surface area (Å²) in [6.45, 7) is 2.22. The lowest BCUT2D eigenvalue weighted by Crippen LogP contribution is -2.42. The molecule has 2 aromatic rings. The largest absolute Gasteiger partial charge is 0.357 e. The fraction of sp³-hybridized carbons (Fsp3) is 0.471. The minimum Gasteiger partial charge on any atom is -0.357 e. The Morgan fingerprint density at radius 1 is 1.24 bits per heavy atom. The second kappa shape index (κ2) is 7.42. The molecule has 8 heteroatoms. The highest BCUT2D eigenvalue weighted by Crippen LogP contribution is 2.36. The maximum Gasteiger partial charge on any atom is 0.222 e. The van der Waals surface area contributed by atoms with E-state index in [0.717, 1.165) is 29.9 Å². The summed E-state index contributed by atoms with van der Waals surface area (Å²) in [4.78, 5) is 30.4. The van der Waals surface area contributed by atoms with Gasteiger partial charge in [0.05, 0.1) is 0 Å². The fourth-order valence-corrected chi connectivity index (χ4v) is 2.98. The van der Waals surface area contributed by atoms with Gasteiger partial charge >= 0.3 is 0 Å². The van der Waals surface area contributed by atoms with Crippen molar-refractivity contribution in [3.05, 3.63) is 36.0 Å². The van der Waals surface area contributed by atoms with E-state index < -0.39 is 0 Å². The molecule has 0 atom stereocenters. The molecule has 132 valence electrons. The highest BCUT2D eigenvalue weighted by atomic mass is 16.1. The molecule has 25 heavy (non-hydrogen) atoms. The summed E-state index contributed by atoms with van der Waals surface area (Å²) in [6.07, 6.45) is 7.08. The molecule has 1 aliphatic rings. The maximum atomic E-state index is 11.1. The van der Waals surface area contributed by atoms with Gasteiger partial charge in [0.2, 0.25) is 11.9 Å². The van der Waals surface area contributed by atoms with Crippen LogP contribution in [0, 0.1) is 0 Å². The van der Waals surface area contributed by atoms with Gasteiger partial charge in [-0.05, 0) is 12.8 Å². The Morgan fingerprint density at radius 3 is 2.60 bits per heavy atom. The molecule has 0 spiro atoms. The molecule has 3 rings (SSSR count). The molecule has 2 heterocycles. The van der Waals surface area contributed by atoms with Crippen LogP contribution in [0.1, 0.15) is 36.9 Å². The van der Waals surface area contributed by atoms with Gasteiger partial charge < -0.3 is 15.5 Å². The van der Waals surface area contributed by atoms with E-state index in [9.17, 15) is 4.79 Å². The fourth-order valence-electron chi connectivity index (χ4n) is 2.98. The number of hydrogen-bond acceptors (Lipinski definition) is 7. The summed E-state index contributed by atoms with van der Waals surface area (Å²) in [7, 11) is 3.78. The van der Waals surface area contributed by atoms with Crippen LogP contribution in [0.4, 0.5) is 11.8 Å². The summed E-state index contributed by atoms with van der Waals surface area (Å²) in [5.41, 5.74) is 2.04. The van der Waals surface area contributed by atoms with Crippen molar-refractivity contribution in [2.75, 3.05) is 24.3 Å². The van der Waals surface area contributed by atoms with Crippen molar-refractivity contribution < 1.29 is 4.79 Å². The zero-order valence-electron chi connectivity index (χ0n) is 14.7. The third-order valence-electron chi connectivity index (χ3n) is 4.38. The molecule has 0 bridgehead atoms. The molecule has 0 unspecified atom stereocenters. The minimum absolute atomic E-state index is 0.0260. The monoisotopic (exact) mass is 341 g/mol. The third kappa shape index (κ3) is 4.20. The molecule has 2 aromatic heterocycles. The molecular formula is C17H23N7O. The molecule has 0 aromatic carbocycles. The van der Waals surface area contributed by atoms with Crippen molar-refractivity contribution >= 4 is 17.7 Å². The first-order valence-electron chi connectivity index (χ1n) is 8.34. The van der Waals surface area contributed by atoms with Crippen LogP contribution in [0.2, 0.25) is 0 Å². The Morgan fingerprint density at radius 2 is 1.96 bits per heavy atom. The van der Waals surface area contributed by atoms with Crippen molar-refractivity contribution in [2.45, 2.75) is 38.3 Å². The van der Waals surface area contributed by atoms with Gasteiger partial charge in [-0.3, -0.25) is 4.79 Å². The zero-order valence-corrected chi connectivity index (χ0v) is 14.7. The molecule has 2 N–H and O–H groups in total. The number of carbonyl (C=O) groups is 1. The van der Waals surface area contributed by atoms with Crippen LogP contribution < -0.4 is 15.5 Å². The van der Waals surface area contributed by atoms with Gasteiger partial charge in [-0.15, -0.1) is 0 Å². The van der Waals surface area contributed by atoms with Crippen molar-refractivity contribution in [1.29, 1.82) is 0 Å². The number of anilines is 2. The van der Waals surface area contributed by atoms with Crippen LogP contribution in [-0.4, -0.2) is 46.0 Å². The number of hydrogen-bond donors (Lipinski definition) is 2. The lowest BCUT2D eigenvalue weighted by atomic mass is 9.78. The first kappa shape index (κ1) is 17.1.